The van der Waals surface area contributed by atoms with Crippen LogP contribution in [0.5, 0.6) is 0 Å². The van der Waals surface area contributed by atoms with Crippen molar-refractivity contribution in [1.82, 2.24) is 0 Å². The lowest BCUT2D eigenvalue weighted by atomic mass is 9.66. The molecule has 2 aliphatic rings. The third-order valence-corrected chi connectivity index (χ3v) is 4.04. The molecule has 0 fully saturated rings. The number of rotatable bonds is 1. The molecular formula is C14H22. The molecule has 2 rings (SSSR count). The van der Waals surface area contributed by atoms with Crippen molar-refractivity contribution in [2.24, 2.45) is 11.3 Å². The highest BCUT2D eigenvalue weighted by molar-refractivity contribution is 5.35. The Bertz CT molecular complexity index is 280. The van der Waals surface area contributed by atoms with Crippen molar-refractivity contribution in [2.75, 3.05) is 0 Å². The van der Waals surface area contributed by atoms with Gasteiger partial charge in [0.1, 0.15) is 0 Å². The summed E-state index contributed by atoms with van der Waals surface area (Å²) >= 11 is 0. The van der Waals surface area contributed by atoms with Gasteiger partial charge in [0.2, 0.25) is 0 Å². The number of hydrogen-bond acceptors (Lipinski definition) is 0. The van der Waals surface area contributed by atoms with E-state index in [0.717, 1.165) is 5.92 Å². The number of allylic oxidation sites excluding steroid dienone is 4. The summed E-state index contributed by atoms with van der Waals surface area (Å²) in [5.41, 5.74) is 3.82. The van der Waals surface area contributed by atoms with Crippen LogP contribution in [0.15, 0.2) is 23.3 Å². The van der Waals surface area contributed by atoms with E-state index in [0.29, 0.717) is 5.41 Å². The van der Waals surface area contributed by atoms with Gasteiger partial charge in [-0.05, 0) is 49.0 Å². The van der Waals surface area contributed by atoms with Gasteiger partial charge in [-0.3, -0.25) is 0 Å². The van der Waals surface area contributed by atoms with Crippen molar-refractivity contribution in [3.63, 3.8) is 0 Å². The maximum Gasteiger partial charge on any atom is -0.00753 e. The normalized spacial score (nSPS) is 32.3. The first-order chi connectivity index (χ1) is 6.62. The summed E-state index contributed by atoms with van der Waals surface area (Å²) in [4.78, 5) is 0. The third kappa shape index (κ3) is 1.67. The Hall–Kier alpha value is -0.520. The lowest BCUT2D eigenvalue weighted by molar-refractivity contribution is 0.305. The van der Waals surface area contributed by atoms with Gasteiger partial charge in [-0.2, -0.15) is 0 Å². The highest BCUT2D eigenvalue weighted by Gasteiger charge is 2.32. The standard InChI is InChI=1S/C14H22/c1-11(2)12-7-9-14(3)8-5-4-6-13(14)10-12/h6,10-11H,4-5,7-9H2,1-3H3/t14-/m0/s1. The summed E-state index contributed by atoms with van der Waals surface area (Å²) in [5, 5.41) is 0. The molecule has 14 heavy (non-hydrogen) atoms. The van der Waals surface area contributed by atoms with Gasteiger partial charge in [0.25, 0.3) is 0 Å². The highest BCUT2D eigenvalue weighted by atomic mass is 14.4. The first kappa shape index (κ1) is 10.0. The zero-order chi connectivity index (χ0) is 10.2. The SMILES string of the molecule is CC(C)C1=CC2=CCCC[C@@]2(C)CC1. The van der Waals surface area contributed by atoms with Crippen molar-refractivity contribution in [3.05, 3.63) is 23.3 Å². The van der Waals surface area contributed by atoms with Crippen LogP contribution in [-0.2, 0) is 0 Å². The second-order valence-corrected chi connectivity index (χ2v) is 5.49. The van der Waals surface area contributed by atoms with Gasteiger partial charge in [0.15, 0.2) is 0 Å². The summed E-state index contributed by atoms with van der Waals surface area (Å²) in [5.74, 6) is 0.738. The minimum atomic E-state index is 0.524. The molecule has 0 aromatic carbocycles. The van der Waals surface area contributed by atoms with Crippen molar-refractivity contribution in [1.29, 1.82) is 0 Å². The molecular weight excluding hydrogens is 168 g/mol. The van der Waals surface area contributed by atoms with Gasteiger partial charge < -0.3 is 0 Å². The molecule has 0 spiro atoms. The molecule has 0 N–H and O–H groups in total. The first-order valence-corrected chi connectivity index (χ1v) is 6.03. The average Bonchev–Trinajstić information content (AvgIpc) is 2.16. The largest absolute Gasteiger partial charge is 0.0808 e. The molecule has 78 valence electrons. The van der Waals surface area contributed by atoms with Crippen molar-refractivity contribution >= 4 is 0 Å². The zero-order valence-electron chi connectivity index (χ0n) is 9.77. The fourth-order valence-corrected chi connectivity index (χ4v) is 2.79. The van der Waals surface area contributed by atoms with Crippen LogP contribution < -0.4 is 0 Å². The van der Waals surface area contributed by atoms with E-state index in [1.165, 1.54) is 32.1 Å². The van der Waals surface area contributed by atoms with Gasteiger partial charge in [-0.15, -0.1) is 0 Å². The van der Waals surface area contributed by atoms with Gasteiger partial charge in [0.05, 0.1) is 0 Å². The van der Waals surface area contributed by atoms with Crippen LogP contribution in [0.2, 0.25) is 0 Å². The molecule has 0 bridgehead atoms. The summed E-state index contributed by atoms with van der Waals surface area (Å²) in [6, 6.07) is 0. The summed E-state index contributed by atoms with van der Waals surface area (Å²) in [6.07, 6.45) is 11.8. The lowest BCUT2D eigenvalue weighted by Crippen LogP contribution is -2.25. The molecule has 1 atom stereocenters. The van der Waals surface area contributed by atoms with Crippen molar-refractivity contribution in [2.45, 2.75) is 52.9 Å². The van der Waals surface area contributed by atoms with Gasteiger partial charge in [-0.1, -0.05) is 38.5 Å². The Labute approximate surface area is 88.1 Å². The molecule has 0 aromatic rings. The Kier molecular flexibility index (Phi) is 2.55. The molecule has 0 aliphatic heterocycles. The van der Waals surface area contributed by atoms with Crippen LogP contribution in [-0.4, -0.2) is 0 Å². The van der Waals surface area contributed by atoms with Crippen LogP contribution >= 0.6 is 0 Å². The van der Waals surface area contributed by atoms with E-state index in [1.54, 1.807) is 11.1 Å². The summed E-state index contributed by atoms with van der Waals surface area (Å²) in [7, 11) is 0. The van der Waals surface area contributed by atoms with Gasteiger partial charge in [-0.25, -0.2) is 0 Å². The topological polar surface area (TPSA) is 0 Å². The van der Waals surface area contributed by atoms with E-state index in [9.17, 15) is 0 Å². The smallest absolute Gasteiger partial charge is 0.00753 e. The van der Waals surface area contributed by atoms with Crippen molar-refractivity contribution in [3.8, 4) is 0 Å². The minimum Gasteiger partial charge on any atom is -0.0808 e. The molecule has 0 saturated carbocycles. The van der Waals surface area contributed by atoms with Gasteiger partial charge in [0, 0.05) is 0 Å². The second-order valence-electron chi connectivity index (χ2n) is 5.49. The summed E-state index contributed by atoms with van der Waals surface area (Å²) in [6.45, 7) is 7.08. The molecule has 0 heterocycles. The molecule has 0 radical (unpaired) electrons. The maximum absolute atomic E-state index is 2.49. The van der Waals surface area contributed by atoms with Crippen LogP contribution in [0, 0.1) is 11.3 Å². The lowest BCUT2D eigenvalue weighted by Gasteiger charge is -2.39. The van der Waals surface area contributed by atoms with E-state index >= 15 is 0 Å². The predicted octanol–water partition coefficient (Wildman–Crippen LogP) is 4.48. The fraction of sp³-hybridized carbons (Fsp3) is 0.714. The first-order valence-electron chi connectivity index (χ1n) is 6.03. The number of hydrogen-bond donors (Lipinski definition) is 0. The summed E-state index contributed by atoms with van der Waals surface area (Å²) < 4.78 is 0. The molecule has 0 nitrogen and oxygen atoms in total. The monoisotopic (exact) mass is 190 g/mol. The Balaban J connectivity index is 2.29. The van der Waals surface area contributed by atoms with Crippen LogP contribution in [0.3, 0.4) is 0 Å². The van der Waals surface area contributed by atoms with Crippen LogP contribution in [0.25, 0.3) is 0 Å². The average molecular weight is 190 g/mol. The Morgan fingerprint density at radius 3 is 2.79 bits per heavy atom. The fourth-order valence-electron chi connectivity index (χ4n) is 2.79. The molecule has 2 aliphatic carbocycles. The molecule has 0 amide bonds. The quantitative estimate of drug-likeness (QED) is 0.572. The van der Waals surface area contributed by atoms with E-state index in [1.807, 2.05) is 0 Å². The van der Waals surface area contributed by atoms with Crippen LogP contribution in [0.1, 0.15) is 52.9 Å². The maximum atomic E-state index is 2.49. The Morgan fingerprint density at radius 1 is 1.29 bits per heavy atom. The predicted molar refractivity (Wildman–Crippen MR) is 62.2 cm³/mol. The molecule has 0 saturated heterocycles. The molecule has 0 unspecified atom stereocenters. The Morgan fingerprint density at radius 2 is 2.07 bits per heavy atom. The van der Waals surface area contributed by atoms with E-state index in [2.05, 4.69) is 32.9 Å². The van der Waals surface area contributed by atoms with Crippen LogP contribution in [0.4, 0.5) is 0 Å². The van der Waals surface area contributed by atoms with Crippen molar-refractivity contribution < 1.29 is 0 Å². The minimum absolute atomic E-state index is 0.524. The molecule has 0 aromatic heterocycles. The third-order valence-electron chi connectivity index (χ3n) is 4.04. The molecule has 0 heteroatoms. The van der Waals surface area contributed by atoms with Gasteiger partial charge >= 0.3 is 0 Å². The number of fused-ring (bicyclic) bond motifs is 1. The van der Waals surface area contributed by atoms with E-state index in [4.69, 9.17) is 0 Å². The zero-order valence-corrected chi connectivity index (χ0v) is 9.77. The highest BCUT2D eigenvalue weighted by Crippen LogP contribution is 2.46. The van der Waals surface area contributed by atoms with E-state index in [-0.39, 0.29) is 0 Å². The second kappa shape index (κ2) is 3.56. The van der Waals surface area contributed by atoms with E-state index < -0.39 is 0 Å².